The zero-order valence-electron chi connectivity index (χ0n) is 16.0. The zero-order chi connectivity index (χ0) is 21.0. The highest BCUT2D eigenvalue weighted by Crippen LogP contribution is 2.31. The Balaban J connectivity index is 1.77. The molecule has 1 saturated heterocycles. The second kappa shape index (κ2) is 8.79. The third-order valence-corrected chi connectivity index (χ3v) is 6.94. The molecule has 0 radical (unpaired) electrons. The Morgan fingerprint density at radius 2 is 1.79 bits per heavy atom. The van der Waals surface area contributed by atoms with E-state index in [0.29, 0.717) is 5.69 Å². The first-order valence-corrected chi connectivity index (χ1v) is 11.4. The van der Waals surface area contributed by atoms with Gasteiger partial charge in [-0.1, -0.05) is 48.2 Å². The largest absolute Gasteiger partial charge is 0.326 e. The van der Waals surface area contributed by atoms with E-state index in [9.17, 15) is 18.0 Å². The monoisotopic (exact) mass is 431 g/mol. The van der Waals surface area contributed by atoms with Crippen molar-refractivity contribution in [1.82, 2.24) is 4.90 Å². The number of hydrogen-bond acceptors (Lipinski definition) is 5. The van der Waals surface area contributed by atoms with Crippen molar-refractivity contribution >= 4 is 44.5 Å². The van der Waals surface area contributed by atoms with Gasteiger partial charge < -0.3 is 5.32 Å². The summed E-state index contributed by atoms with van der Waals surface area (Å²) < 4.78 is 29.0. The Hall–Kier alpha value is -2.65. The lowest BCUT2D eigenvalue weighted by atomic mass is 10.2. The molecule has 0 unspecified atom stereocenters. The molecule has 1 aliphatic rings. The maximum absolute atomic E-state index is 12.7. The number of aryl methyl sites for hydroxylation is 1. The van der Waals surface area contributed by atoms with Crippen molar-refractivity contribution in [2.75, 3.05) is 11.9 Å². The molecule has 0 saturated carbocycles. The molecular weight excluding hydrogens is 410 g/mol. The van der Waals surface area contributed by atoms with Gasteiger partial charge in [0.1, 0.15) is 5.25 Å². The number of nitrogens with one attached hydrogen (secondary N) is 1. The minimum absolute atomic E-state index is 0.0531. The predicted molar refractivity (Wildman–Crippen MR) is 114 cm³/mol. The number of thioether (sulfide) groups is 1. The first-order chi connectivity index (χ1) is 13.8. The highest BCUT2D eigenvalue weighted by atomic mass is 32.2. The number of nitrogens with zero attached hydrogens (tertiary/aromatic N) is 2. The number of amidine groups is 1. The van der Waals surface area contributed by atoms with Crippen LogP contribution in [-0.4, -0.2) is 42.1 Å². The number of carbonyl (C=O) groups excluding carboxylic acids is 2. The number of benzene rings is 2. The summed E-state index contributed by atoms with van der Waals surface area (Å²) in [5, 5.41) is 2.17. The molecule has 0 bridgehead atoms. The summed E-state index contributed by atoms with van der Waals surface area (Å²) in [4.78, 5) is 26.5. The van der Waals surface area contributed by atoms with Crippen molar-refractivity contribution < 1.29 is 18.0 Å². The fraction of sp³-hybridized carbons (Fsp3) is 0.250. The molecule has 9 heteroatoms. The van der Waals surface area contributed by atoms with Gasteiger partial charge in [0.15, 0.2) is 5.17 Å². The van der Waals surface area contributed by atoms with E-state index in [1.165, 1.54) is 17.0 Å². The fourth-order valence-corrected chi connectivity index (χ4v) is 5.27. The van der Waals surface area contributed by atoms with E-state index in [1.807, 2.05) is 25.1 Å². The van der Waals surface area contributed by atoms with E-state index in [4.69, 9.17) is 0 Å². The van der Waals surface area contributed by atoms with E-state index in [1.54, 1.807) is 31.2 Å². The summed E-state index contributed by atoms with van der Waals surface area (Å²) in [6.45, 7) is 3.88. The molecule has 2 aromatic carbocycles. The van der Waals surface area contributed by atoms with E-state index in [2.05, 4.69) is 9.71 Å². The Morgan fingerprint density at radius 1 is 1.14 bits per heavy atom. The van der Waals surface area contributed by atoms with Crippen LogP contribution in [0.15, 0.2) is 63.9 Å². The van der Waals surface area contributed by atoms with Gasteiger partial charge >= 0.3 is 0 Å². The lowest BCUT2D eigenvalue weighted by molar-refractivity contribution is -0.128. The average molecular weight is 432 g/mol. The van der Waals surface area contributed by atoms with Crippen molar-refractivity contribution in [2.24, 2.45) is 4.40 Å². The molecule has 2 amide bonds. The third kappa shape index (κ3) is 4.86. The lowest BCUT2D eigenvalue weighted by Crippen LogP contribution is -2.33. The second-order valence-corrected chi connectivity index (χ2v) is 9.19. The smallest absolute Gasteiger partial charge is 0.284 e. The second-order valence-electron chi connectivity index (χ2n) is 6.42. The van der Waals surface area contributed by atoms with Crippen molar-refractivity contribution in [1.29, 1.82) is 0 Å². The van der Waals surface area contributed by atoms with Crippen LogP contribution < -0.4 is 5.32 Å². The summed E-state index contributed by atoms with van der Waals surface area (Å²) in [6, 6.07) is 15.2. The molecule has 1 N–H and O–H groups in total. The van der Waals surface area contributed by atoms with Crippen LogP contribution in [0.3, 0.4) is 0 Å². The maximum atomic E-state index is 12.7. The van der Waals surface area contributed by atoms with Crippen LogP contribution in [0.2, 0.25) is 0 Å². The highest BCUT2D eigenvalue weighted by molar-refractivity contribution is 8.16. The summed E-state index contributed by atoms with van der Waals surface area (Å²) in [6.07, 6.45) is -0.0707. The SMILES string of the molecule is CCN1C(=O)[C@@H](CC(=O)Nc2ccccc2C)SC1=NS(=O)(=O)c1ccccc1. The van der Waals surface area contributed by atoms with Crippen molar-refractivity contribution in [3.05, 3.63) is 60.2 Å². The topological polar surface area (TPSA) is 95.9 Å². The molecule has 1 aliphatic heterocycles. The fourth-order valence-electron chi connectivity index (χ4n) is 2.83. The number of amides is 2. The summed E-state index contributed by atoms with van der Waals surface area (Å²) in [5.41, 5.74) is 1.60. The number of hydrogen-bond donors (Lipinski definition) is 1. The number of sulfonamides is 1. The number of para-hydroxylation sites is 1. The normalized spacial score (nSPS) is 18.3. The van der Waals surface area contributed by atoms with E-state index >= 15 is 0 Å². The van der Waals surface area contributed by atoms with Gasteiger partial charge in [0, 0.05) is 18.7 Å². The molecule has 0 aromatic heterocycles. The van der Waals surface area contributed by atoms with Gasteiger partial charge in [-0.2, -0.15) is 8.42 Å². The quantitative estimate of drug-likeness (QED) is 0.758. The van der Waals surface area contributed by atoms with Gasteiger partial charge in [-0.05, 0) is 37.6 Å². The van der Waals surface area contributed by atoms with E-state index < -0.39 is 15.3 Å². The molecule has 3 rings (SSSR count). The predicted octanol–water partition coefficient (Wildman–Crippen LogP) is 3.03. The van der Waals surface area contributed by atoms with E-state index in [0.717, 1.165) is 17.3 Å². The van der Waals surface area contributed by atoms with Crippen LogP contribution in [0, 0.1) is 6.92 Å². The third-order valence-electron chi connectivity index (χ3n) is 4.37. The summed E-state index contributed by atoms with van der Waals surface area (Å²) in [7, 11) is -3.94. The van der Waals surface area contributed by atoms with Crippen LogP contribution >= 0.6 is 11.8 Å². The Bertz CT molecular complexity index is 1050. The minimum Gasteiger partial charge on any atom is -0.326 e. The van der Waals surface area contributed by atoms with Crippen molar-refractivity contribution in [3.63, 3.8) is 0 Å². The molecule has 7 nitrogen and oxygen atoms in total. The molecule has 152 valence electrons. The molecule has 1 heterocycles. The Labute approximate surface area is 174 Å². The van der Waals surface area contributed by atoms with Gasteiger partial charge in [0.2, 0.25) is 11.8 Å². The number of carbonyl (C=O) groups is 2. The van der Waals surface area contributed by atoms with Gasteiger partial charge in [-0.3, -0.25) is 14.5 Å². The van der Waals surface area contributed by atoms with Crippen LogP contribution in [0.1, 0.15) is 18.9 Å². The van der Waals surface area contributed by atoms with Crippen molar-refractivity contribution in [3.8, 4) is 0 Å². The van der Waals surface area contributed by atoms with Gasteiger partial charge in [-0.15, -0.1) is 4.40 Å². The molecule has 29 heavy (non-hydrogen) atoms. The lowest BCUT2D eigenvalue weighted by Gasteiger charge is -2.13. The summed E-state index contributed by atoms with van der Waals surface area (Å²) >= 11 is 1.00. The van der Waals surface area contributed by atoms with Gasteiger partial charge in [-0.25, -0.2) is 0 Å². The minimum atomic E-state index is -3.94. The molecule has 0 aliphatic carbocycles. The first kappa shape index (κ1) is 21.1. The van der Waals surface area contributed by atoms with Gasteiger partial charge in [0.05, 0.1) is 4.90 Å². The number of rotatable bonds is 6. The molecule has 0 spiro atoms. The van der Waals surface area contributed by atoms with Crippen LogP contribution in [0.4, 0.5) is 5.69 Å². The molecule has 1 atom stereocenters. The van der Waals surface area contributed by atoms with Crippen molar-refractivity contribution in [2.45, 2.75) is 30.4 Å². The molecule has 2 aromatic rings. The summed E-state index contributed by atoms with van der Waals surface area (Å²) in [5.74, 6) is -0.632. The standard InChI is InChI=1S/C20H21N3O4S2/c1-3-23-19(25)17(13-18(24)21-16-12-8-7-9-14(16)2)28-20(23)22-29(26,27)15-10-5-4-6-11-15/h4-12,17H,3,13H2,1-2H3,(H,21,24)/t17-/m1/s1. The van der Waals surface area contributed by atoms with E-state index in [-0.39, 0.29) is 34.8 Å². The Kier molecular flexibility index (Phi) is 6.39. The van der Waals surface area contributed by atoms with Crippen LogP contribution in [-0.2, 0) is 19.6 Å². The maximum Gasteiger partial charge on any atom is 0.284 e. The molecular formula is C20H21N3O4S2. The van der Waals surface area contributed by atoms with Crippen LogP contribution in [0.5, 0.6) is 0 Å². The van der Waals surface area contributed by atoms with Crippen LogP contribution in [0.25, 0.3) is 0 Å². The highest BCUT2D eigenvalue weighted by Gasteiger charge is 2.39. The first-order valence-electron chi connectivity index (χ1n) is 9.05. The Morgan fingerprint density at radius 3 is 2.45 bits per heavy atom. The molecule has 1 fully saturated rings. The zero-order valence-corrected chi connectivity index (χ0v) is 17.7. The van der Waals surface area contributed by atoms with Gasteiger partial charge in [0.25, 0.3) is 10.0 Å². The average Bonchev–Trinajstić information content (AvgIpc) is 2.97. The number of anilines is 1.